The topological polar surface area (TPSA) is 122 Å². The molecule has 0 aromatic heterocycles. The van der Waals surface area contributed by atoms with E-state index in [0.717, 1.165) is 0 Å². The zero-order valence-corrected chi connectivity index (χ0v) is 19.9. The molecule has 11 heteroatoms. The Bertz CT molecular complexity index is 1360. The van der Waals surface area contributed by atoms with Crippen molar-refractivity contribution in [1.29, 1.82) is 0 Å². The van der Waals surface area contributed by atoms with Crippen molar-refractivity contribution in [1.82, 2.24) is 4.90 Å². The number of sulfonamides is 1. The Morgan fingerprint density at radius 1 is 1.03 bits per heavy atom. The highest BCUT2D eigenvalue weighted by Crippen LogP contribution is 2.33. The van der Waals surface area contributed by atoms with Gasteiger partial charge in [0.15, 0.2) is 5.17 Å². The number of nitrogens with zero attached hydrogens (tertiary/aromatic N) is 2. The van der Waals surface area contributed by atoms with Gasteiger partial charge in [0.1, 0.15) is 11.1 Å². The number of rotatable bonds is 7. The second-order valence-corrected chi connectivity index (χ2v) is 10.4. The first kappa shape index (κ1) is 24.6. The first-order chi connectivity index (χ1) is 16.7. The summed E-state index contributed by atoms with van der Waals surface area (Å²) in [4.78, 5) is 31.8. The summed E-state index contributed by atoms with van der Waals surface area (Å²) in [5, 5.41) is 7.54. The summed E-state index contributed by atoms with van der Waals surface area (Å²) >= 11 is 1.18. The minimum atomic E-state index is -3.83. The quantitative estimate of drug-likeness (QED) is 0.501. The highest BCUT2D eigenvalue weighted by Gasteiger charge is 2.39. The molecule has 35 heavy (non-hydrogen) atoms. The molecule has 3 aromatic rings. The van der Waals surface area contributed by atoms with E-state index in [1.807, 2.05) is 18.2 Å². The van der Waals surface area contributed by atoms with Crippen molar-refractivity contribution in [2.75, 3.05) is 5.32 Å². The number of carbonyl (C=O) groups excluding carboxylic acids is 2. The molecule has 1 heterocycles. The molecule has 3 aromatic carbocycles. The zero-order valence-electron chi connectivity index (χ0n) is 18.3. The predicted molar refractivity (Wildman–Crippen MR) is 133 cm³/mol. The van der Waals surface area contributed by atoms with Crippen LogP contribution in [0.5, 0.6) is 0 Å². The molecule has 0 saturated carbocycles. The third-order valence-electron chi connectivity index (χ3n) is 5.09. The summed E-state index contributed by atoms with van der Waals surface area (Å²) < 4.78 is 36.2. The molecule has 0 aliphatic carbocycles. The smallest absolute Gasteiger partial charge is 0.242 e. The lowest BCUT2D eigenvalue weighted by molar-refractivity contribution is -0.128. The SMILES string of the molecule is NS(=O)(=O)c1ccc(CN2C(=O)[C@@H](CC(=O)Nc3ccc(F)cc3)SC2=Nc2ccccc2)cc1. The Hall–Kier alpha value is -3.54. The number of carbonyl (C=O) groups is 2. The van der Waals surface area contributed by atoms with Crippen LogP contribution in [0.25, 0.3) is 0 Å². The maximum absolute atomic E-state index is 13.2. The molecule has 0 spiro atoms. The Morgan fingerprint density at radius 3 is 2.31 bits per heavy atom. The summed E-state index contributed by atoms with van der Waals surface area (Å²) in [6, 6.07) is 20.3. The number of aliphatic imine (C=N–C) groups is 1. The fraction of sp³-hybridized carbons (Fsp3) is 0.125. The van der Waals surface area contributed by atoms with Crippen LogP contribution in [0.15, 0.2) is 88.8 Å². The number of halogens is 1. The van der Waals surface area contributed by atoms with Crippen LogP contribution in [0.1, 0.15) is 12.0 Å². The van der Waals surface area contributed by atoms with Gasteiger partial charge < -0.3 is 5.32 Å². The van der Waals surface area contributed by atoms with E-state index in [1.165, 1.54) is 53.1 Å². The number of amides is 2. The molecule has 8 nitrogen and oxygen atoms in total. The summed E-state index contributed by atoms with van der Waals surface area (Å²) in [5.41, 5.74) is 1.74. The van der Waals surface area contributed by atoms with Crippen LogP contribution in [-0.4, -0.2) is 35.5 Å². The van der Waals surface area contributed by atoms with Gasteiger partial charge in [0.05, 0.1) is 17.1 Å². The summed E-state index contributed by atoms with van der Waals surface area (Å²) in [7, 11) is -3.83. The number of nitrogens with two attached hydrogens (primary N) is 1. The first-order valence-electron chi connectivity index (χ1n) is 10.5. The van der Waals surface area contributed by atoms with Crippen molar-refractivity contribution >= 4 is 50.1 Å². The second kappa shape index (κ2) is 10.4. The van der Waals surface area contributed by atoms with Crippen LogP contribution in [0, 0.1) is 5.82 Å². The minimum Gasteiger partial charge on any atom is -0.326 e. The van der Waals surface area contributed by atoms with E-state index in [-0.39, 0.29) is 29.7 Å². The lowest BCUT2D eigenvalue weighted by atomic mass is 10.2. The molecular formula is C24H21FN4O4S2. The van der Waals surface area contributed by atoms with Crippen LogP contribution in [0.2, 0.25) is 0 Å². The molecule has 1 aliphatic heterocycles. The maximum atomic E-state index is 13.2. The van der Waals surface area contributed by atoms with Crippen LogP contribution in [-0.2, 0) is 26.2 Å². The molecule has 0 bridgehead atoms. The molecule has 2 amide bonds. The van der Waals surface area contributed by atoms with Crippen molar-refractivity contribution in [3.8, 4) is 0 Å². The summed E-state index contributed by atoms with van der Waals surface area (Å²) in [6.07, 6.45) is -0.102. The van der Waals surface area contributed by atoms with Gasteiger partial charge in [0.2, 0.25) is 21.8 Å². The number of primary sulfonamides is 1. The summed E-state index contributed by atoms with van der Waals surface area (Å²) in [5.74, 6) is -1.10. The lowest BCUT2D eigenvalue weighted by Crippen LogP contribution is -2.33. The molecule has 4 rings (SSSR count). The number of anilines is 1. The van der Waals surface area contributed by atoms with E-state index in [2.05, 4.69) is 10.3 Å². The van der Waals surface area contributed by atoms with Gasteiger partial charge in [-0.3, -0.25) is 14.5 Å². The molecule has 1 saturated heterocycles. The Labute approximate surface area is 206 Å². The van der Waals surface area contributed by atoms with Crippen molar-refractivity contribution in [2.45, 2.75) is 23.1 Å². The van der Waals surface area contributed by atoms with Crippen molar-refractivity contribution < 1.29 is 22.4 Å². The lowest BCUT2D eigenvalue weighted by Gasteiger charge is -2.17. The molecule has 3 N–H and O–H groups in total. The van der Waals surface area contributed by atoms with Gasteiger partial charge in [-0.1, -0.05) is 42.1 Å². The van der Waals surface area contributed by atoms with Gasteiger partial charge in [-0.15, -0.1) is 0 Å². The number of amidine groups is 1. The molecule has 1 atom stereocenters. The molecular weight excluding hydrogens is 491 g/mol. The fourth-order valence-electron chi connectivity index (χ4n) is 3.36. The van der Waals surface area contributed by atoms with Gasteiger partial charge in [-0.2, -0.15) is 0 Å². The molecule has 1 aliphatic rings. The molecule has 0 unspecified atom stereocenters. The fourth-order valence-corrected chi connectivity index (χ4v) is 5.04. The van der Waals surface area contributed by atoms with E-state index in [0.29, 0.717) is 22.1 Å². The average Bonchev–Trinajstić information content (AvgIpc) is 3.09. The van der Waals surface area contributed by atoms with Crippen LogP contribution in [0.4, 0.5) is 15.8 Å². The van der Waals surface area contributed by atoms with E-state index >= 15 is 0 Å². The minimum absolute atomic E-state index is 0.0307. The Kier molecular flexibility index (Phi) is 7.29. The normalized spacial score (nSPS) is 17.1. The standard InChI is InChI=1S/C24H21FN4O4S2/c25-17-8-10-19(11-9-17)27-22(30)14-21-23(31)29(24(34-21)28-18-4-2-1-3-5-18)15-16-6-12-20(13-7-16)35(26,32)33/h1-13,21H,14-15H2,(H,27,30)(H2,26,32,33)/t21-/m1/s1. The average molecular weight is 513 g/mol. The van der Waals surface area contributed by atoms with Crippen molar-refractivity contribution in [2.24, 2.45) is 10.1 Å². The number of nitrogens with one attached hydrogen (secondary N) is 1. The number of para-hydroxylation sites is 1. The monoisotopic (exact) mass is 512 g/mol. The number of benzene rings is 3. The van der Waals surface area contributed by atoms with E-state index in [4.69, 9.17) is 5.14 Å². The van der Waals surface area contributed by atoms with Crippen LogP contribution >= 0.6 is 11.8 Å². The summed E-state index contributed by atoms with van der Waals surface area (Å²) in [6.45, 7) is 0.137. The number of hydrogen-bond acceptors (Lipinski definition) is 6. The van der Waals surface area contributed by atoms with E-state index in [9.17, 15) is 22.4 Å². The molecule has 0 radical (unpaired) electrons. The van der Waals surface area contributed by atoms with Crippen molar-refractivity contribution in [3.05, 3.63) is 90.2 Å². The highest BCUT2D eigenvalue weighted by molar-refractivity contribution is 8.15. The van der Waals surface area contributed by atoms with Crippen molar-refractivity contribution in [3.63, 3.8) is 0 Å². The highest BCUT2D eigenvalue weighted by atomic mass is 32.2. The first-order valence-corrected chi connectivity index (χ1v) is 12.9. The van der Waals surface area contributed by atoms with Gasteiger partial charge in [0.25, 0.3) is 0 Å². The van der Waals surface area contributed by atoms with E-state index < -0.39 is 21.1 Å². The maximum Gasteiger partial charge on any atom is 0.242 e. The predicted octanol–water partition coefficient (Wildman–Crippen LogP) is 3.63. The number of thioether (sulfide) groups is 1. The number of hydrogen-bond donors (Lipinski definition) is 2. The molecule has 180 valence electrons. The van der Waals surface area contributed by atoms with Crippen LogP contribution < -0.4 is 10.5 Å². The Morgan fingerprint density at radius 2 is 1.69 bits per heavy atom. The Balaban J connectivity index is 1.54. The molecule has 1 fully saturated rings. The van der Waals surface area contributed by atoms with Gasteiger partial charge in [-0.05, 0) is 54.1 Å². The zero-order chi connectivity index (χ0) is 25.0. The van der Waals surface area contributed by atoms with Gasteiger partial charge in [-0.25, -0.2) is 22.9 Å². The largest absolute Gasteiger partial charge is 0.326 e. The van der Waals surface area contributed by atoms with E-state index in [1.54, 1.807) is 24.3 Å². The van der Waals surface area contributed by atoms with Gasteiger partial charge in [0, 0.05) is 12.1 Å². The third kappa shape index (κ3) is 6.32. The third-order valence-corrected chi connectivity index (χ3v) is 7.20. The van der Waals surface area contributed by atoms with Crippen LogP contribution in [0.3, 0.4) is 0 Å². The van der Waals surface area contributed by atoms with Gasteiger partial charge >= 0.3 is 0 Å². The second-order valence-electron chi connectivity index (χ2n) is 7.71.